The smallest absolute Gasteiger partial charge is 0.194 e. The van der Waals surface area contributed by atoms with Gasteiger partial charge in [-0.25, -0.2) is 0 Å². The molecule has 0 aromatic heterocycles. The second kappa shape index (κ2) is 4.01. The minimum Gasteiger partial charge on any atom is -0.399 e. The molecule has 68 valence electrons. The van der Waals surface area contributed by atoms with E-state index in [9.17, 15) is 0 Å². The highest BCUT2D eigenvalue weighted by molar-refractivity contribution is 6.68. The minimum absolute atomic E-state index is 0.872. The Hall–Kier alpha value is -1.70. The van der Waals surface area contributed by atoms with Gasteiger partial charge in [0.15, 0.2) is 7.28 Å². The van der Waals surface area contributed by atoms with Gasteiger partial charge in [-0.15, -0.1) is 0 Å². The van der Waals surface area contributed by atoms with Gasteiger partial charge in [-0.3, -0.25) is 0 Å². The van der Waals surface area contributed by atoms with Crippen LogP contribution in [-0.2, 0) is 0 Å². The zero-order valence-corrected chi connectivity index (χ0v) is 7.98. The second-order valence-electron chi connectivity index (χ2n) is 3.36. The van der Waals surface area contributed by atoms with Crippen molar-refractivity contribution in [1.82, 2.24) is 0 Å². The van der Waals surface area contributed by atoms with Crippen molar-refractivity contribution >= 4 is 23.9 Å². The van der Waals surface area contributed by atoms with Crippen molar-refractivity contribution in [1.29, 1.82) is 0 Å². The van der Waals surface area contributed by atoms with Crippen LogP contribution in [0.15, 0.2) is 54.6 Å². The van der Waals surface area contributed by atoms with Crippen molar-refractivity contribution in [3.05, 3.63) is 54.6 Å². The third kappa shape index (κ3) is 1.97. The Morgan fingerprint density at radius 2 is 1.43 bits per heavy atom. The first-order valence-corrected chi connectivity index (χ1v) is 4.73. The van der Waals surface area contributed by atoms with Crippen LogP contribution in [0, 0.1) is 0 Å². The Morgan fingerprint density at radius 1 is 0.786 bits per heavy atom. The zero-order chi connectivity index (χ0) is 9.80. The summed E-state index contributed by atoms with van der Waals surface area (Å²) in [6.07, 6.45) is 0. The van der Waals surface area contributed by atoms with Gasteiger partial charge in [0.1, 0.15) is 0 Å². The van der Waals surface area contributed by atoms with Gasteiger partial charge < -0.3 is 5.73 Å². The first kappa shape index (κ1) is 8.88. The van der Waals surface area contributed by atoms with Crippen molar-refractivity contribution in [2.45, 2.75) is 0 Å². The number of nitrogens with two attached hydrogens (primary N) is 1. The Kier molecular flexibility index (Phi) is 2.54. The van der Waals surface area contributed by atoms with Crippen LogP contribution in [0.1, 0.15) is 0 Å². The third-order valence-corrected chi connectivity index (χ3v) is 2.29. The number of benzene rings is 2. The summed E-state index contributed by atoms with van der Waals surface area (Å²) < 4.78 is 0. The lowest BCUT2D eigenvalue weighted by molar-refractivity contribution is 1.73. The molecule has 0 spiro atoms. The summed E-state index contributed by atoms with van der Waals surface area (Å²) >= 11 is 0. The molecule has 2 heteroatoms. The number of anilines is 1. The summed E-state index contributed by atoms with van der Waals surface area (Å²) in [6, 6.07) is 18.4. The van der Waals surface area contributed by atoms with Gasteiger partial charge in [-0.1, -0.05) is 59.5 Å². The Morgan fingerprint density at radius 3 is 2.14 bits per heavy atom. The summed E-state index contributed by atoms with van der Waals surface area (Å²) in [6.45, 7) is 0. The van der Waals surface area contributed by atoms with Crippen LogP contribution >= 0.6 is 0 Å². The first-order chi connectivity index (χ1) is 6.86. The van der Waals surface area contributed by atoms with Crippen molar-refractivity contribution < 1.29 is 0 Å². The Balaban J connectivity index is 2.24. The molecule has 2 aromatic carbocycles. The molecule has 0 radical (unpaired) electrons. The lowest BCUT2D eigenvalue weighted by Gasteiger charge is -2.03. The summed E-state index contributed by atoms with van der Waals surface area (Å²) in [4.78, 5) is 0. The van der Waals surface area contributed by atoms with Gasteiger partial charge >= 0.3 is 0 Å². The van der Waals surface area contributed by atoms with Crippen LogP contribution in [0.4, 0.5) is 5.69 Å². The van der Waals surface area contributed by atoms with Gasteiger partial charge in [-0.2, -0.15) is 0 Å². The van der Waals surface area contributed by atoms with Gasteiger partial charge in [0.25, 0.3) is 0 Å². The number of nitrogen functional groups attached to an aromatic ring is 1. The van der Waals surface area contributed by atoms with E-state index < -0.39 is 0 Å². The number of hydrogen-bond acceptors (Lipinski definition) is 1. The van der Waals surface area contributed by atoms with Crippen molar-refractivity contribution in [3.63, 3.8) is 0 Å². The molecule has 0 amide bonds. The molecule has 0 heterocycles. The van der Waals surface area contributed by atoms with E-state index in [0.717, 1.165) is 13.0 Å². The Bertz CT molecular complexity index is 412. The zero-order valence-electron chi connectivity index (χ0n) is 7.98. The highest BCUT2D eigenvalue weighted by Crippen LogP contribution is 1.95. The van der Waals surface area contributed by atoms with Crippen LogP contribution in [0.25, 0.3) is 0 Å². The number of para-hydroxylation sites is 1. The van der Waals surface area contributed by atoms with E-state index in [2.05, 4.69) is 30.3 Å². The van der Waals surface area contributed by atoms with Crippen molar-refractivity contribution in [3.8, 4) is 0 Å². The lowest BCUT2D eigenvalue weighted by Crippen LogP contribution is -2.28. The summed E-state index contributed by atoms with van der Waals surface area (Å²) in [7, 11) is 0.910. The van der Waals surface area contributed by atoms with Gasteiger partial charge in [0.2, 0.25) is 0 Å². The fourth-order valence-corrected chi connectivity index (χ4v) is 1.51. The maximum Gasteiger partial charge on any atom is 0.194 e. The topological polar surface area (TPSA) is 26.0 Å². The molecule has 0 saturated heterocycles. The van der Waals surface area contributed by atoms with E-state index in [4.69, 9.17) is 5.73 Å². The predicted molar refractivity (Wildman–Crippen MR) is 63.7 cm³/mol. The molecule has 0 aliphatic heterocycles. The van der Waals surface area contributed by atoms with Crippen LogP contribution in [-0.4, -0.2) is 7.28 Å². The molecule has 0 fully saturated rings. The normalized spacial score (nSPS) is 9.71. The molecule has 0 bridgehead atoms. The SMILES string of the molecule is Nc1ccccc1Bc1ccccc1. The molecule has 2 aromatic rings. The van der Waals surface area contributed by atoms with E-state index in [1.54, 1.807) is 0 Å². The molecule has 0 saturated carbocycles. The van der Waals surface area contributed by atoms with Crippen LogP contribution in [0.3, 0.4) is 0 Å². The average molecular weight is 181 g/mol. The molecule has 0 atom stereocenters. The molecule has 2 N–H and O–H groups in total. The highest BCUT2D eigenvalue weighted by Gasteiger charge is 2.00. The van der Waals surface area contributed by atoms with Gasteiger partial charge in [0.05, 0.1) is 0 Å². The lowest BCUT2D eigenvalue weighted by atomic mass is 9.63. The molecule has 1 nitrogen and oxygen atoms in total. The second-order valence-corrected chi connectivity index (χ2v) is 3.36. The summed E-state index contributed by atoms with van der Waals surface area (Å²) in [5, 5.41) is 0. The van der Waals surface area contributed by atoms with E-state index >= 15 is 0 Å². The monoisotopic (exact) mass is 181 g/mol. The quantitative estimate of drug-likeness (QED) is 0.534. The van der Waals surface area contributed by atoms with Crippen LogP contribution in [0.2, 0.25) is 0 Å². The Labute approximate surface area is 84.8 Å². The largest absolute Gasteiger partial charge is 0.399 e. The maximum atomic E-state index is 5.87. The maximum absolute atomic E-state index is 5.87. The van der Waals surface area contributed by atoms with E-state index in [1.165, 1.54) is 10.9 Å². The molecular formula is C12H12BN. The van der Waals surface area contributed by atoms with Crippen LogP contribution in [0.5, 0.6) is 0 Å². The van der Waals surface area contributed by atoms with Crippen molar-refractivity contribution in [2.24, 2.45) is 0 Å². The minimum atomic E-state index is 0.872. The fraction of sp³-hybridized carbons (Fsp3) is 0. The molecule has 14 heavy (non-hydrogen) atoms. The molecular weight excluding hydrogens is 169 g/mol. The molecule has 0 aliphatic rings. The van der Waals surface area contributed by atoms with E-state index in [1.807, 2.05) is 24.3 Å². The standard InChI is InChI=1S/C12H12BN/c14-12-9-5-4-8-11(12)13-10-6-2-1-3-7-10/h1-9,13H,14H2. The van der Waals surface area contributed by atoms with E-state index in [-0.39, 0.29) is 0 Å². The summed E-state index contributed by atoms with van der Waals surface area (Å²) in [5.41, 5.74) is 9.23. The van der Waals surface area contributed by atoms with Crippen LogP contribution < -0.4 is 16.7 Å². The highest BCUT2D eigenvalue weighted by atomic mass is 14.5. The summed E-state index contributed by atoms with van der Waals surface area (Å²) in [5.74, 6) is 0. The third-order valence-electron chi connectivity index (χ3n) is 2.29. The first-order valence-electron chi connectivity index (χ1n) is 4.73. The van der Waals surface area contributed by atoms with Gasteiger partial charge in [0, 0.05) is 5.69 Å². The van der Waals surface area contributed by atoms with E-state index in [0.29, 0.717) is 0 Å². The van der Waals surface area contributed by atoms with Gasteiger partial charge in [-0.05, 0) is 6.07 Å². The molecule has 0 aliphatic carbocycles. The number of hydrogen-bond donors (Lipinski definition) is 1. The average Bonchev–Trinajstić information content (AvgIpc) is 2.23. The number of rotatable bonds is 2. The molecule has 0 unspecified atom stereocenters. The predicted octanol–water partition coefficient (Wildman–Crippen LogP) is 0.656. The van der Waals surface area contributed by atoms with Crippen molar-refractivity contribution in [2.75, 3.05) is 5.73 Å². The molecule has 2 rings (SSSR count). The fourth-order valence-electron chi connectivity index (χ4n) is 1.51.